The molecule has 0 atom stereocenters. The molecule has 1 aromatic carbocycles. The number of carbonyl (C=O) groups is 2. The third-order valence-electron chi connectivity index (χ3n) is 5.48. The molecule has 30 heavy (non-hydrogen) atoms. The summed E-state index contributed by atoms with van der Waals surface area (Å²) in [4.78, 5) is 34.1. The van der Waals surface area contributed by atoms with Gasteiger partial charge in [-0.25, -0.2) is 4.98 Å². The number of fused-ring (bicyclic) bond motifs is 1. The largest absolute Gasteiger partial charge is 0.359 e. The highest BCUT2D eigenvalue weighted by atomic mass is 32.1. The van der Waals surface area contributed by atoms with Gasteiger partial charge in [-0.2, -0.15) is 11.3 Å². The SMILES string of the molecule is O=C1CNc2ncc(C(=O)N(Cc3ccsc3)C3CC3)cc2N1Cc1ccccc1. The molecule has 7 heteroatoms. The number of pyridine rings is 1. The lowest BCUT2D eigenvalue weighted by atomic mass is 10.1. The standard InChI is InChI=1S/C23H22N4O2S/c28-21-12-25-22-20(27(21)13-16-4-2-1-3-5-16)10-18(11-24-22)23(29)26(19-6-7-19)14-17-8-9-30-15-17/h1-5,8-11,15,19H,6-7,12-14H2,(H,24,25). The molecule has 0 bridgehead atoms. The van der Waals surface area contributed by atoms with Crippen LogP contribution < -0.4 is 10.2 Å². The molecule has 0 spiro atoms. The molecule has 1 fully saturated rings. The third-order valence-corrected chi connectivity index (χ3v) is 6.21. The first-order valence-corrected chi connectivity index (χ1v) is 11.0. The molecule has 1 aliphatic heterocycles. The van der Waals surface area contributed by atoms with Crippen LogP contribution in [0.2, 0.25) is 0 Å². The fourth-order valence-electron chi connectivity index (χ4n) is 3.74. The molecule has 1 N–H and O–H groups in total. The minimum Gasteiger partial charge on any atom is -0.359 e. The highest BCUT2D eigenvalue weighted by molar-refractivity contribution is 7.07. The Morgan fingerprint density at radius 2 is 2.03 bits per heavy atom. The zero-order valence-electron chi connectivity index (χ0n) is 16.5. The first-order valence-electron chi connectivity index (χ1n) is 10.1. The lowest BCUT2D eigenvalue weighted by Crippen LogP contribution is -2.40. The van der Waals surface area contributed by atoms with E-state index in [9.17, 15) is 9.59 Å². The summed E-state index contributed by atoms with van der Waals surface area (Å²) in [5, 5.41) is 7.18. The maximum atomic E-state index is 13.4. The molecule has 5 rings (SSSR count). The van der Waals surface area contributed by atoms with Crippen LogP contribution in [0.4, 0.5) is 11.5 Å². The van der Waals surface area contributed by atoms with Crippen molar-refractivity contribution in [3.63, 3.8) is 0 Å². The predicted octanol–water partition coefficient (Wildman–Crippen LogP) is 3.91. The van der Waals surface area contributed by atoms with E-state index in [0.717, 1.165) is 24.0 Å². The number of benzene rings is 1. The number of aromatic nitrogens is 1. The van der Waals surface area contributed by atoms with Crippen LogP contribution in [0.5, 0.6) is 0 Å². The number of hydrogen-bond acceptors (Lipinski definition) is 5. The van der Waals surface area contributed by atoms with Crippen LogP contribution in [0, 0.1) is 0 Å². The highest BCUT2D eigenvalue weighted by Gasteiger charge is 2.34. The van der Waals surface area contributed by atoms with Gasteiger partial charge in [0.05, 0.1) is 24.3 Å². The quantitative estimate of drug-likeness (QED) is 0.659. The van der Waals surface area contributed by atoms with Crippen LogP contribution in [0.15, 0.2) is 59.4 Å². The Balaban J connectivity index is 1.44. The second-order valence-electron chi connectivity index (χ2n) is 7.71. The summed E-state index contributed by atoms with van der Waals surface area (Å²) in [5.74, 6) is 0.574. The Hall–Kier alpha value is -3.19. The van der Waals surface area contributed by atoms with E-state index < -0.39 is 0 Å². The number of anilines is 2. The lowest BCUT2D eigenvalue weighted by molar-refractivity contribution is -0.117. The Morgan fingerprint density at radius 3 is 2.77 bits per heavy atom. The summed E-state index contributed by atoms with van der Waals surface area (Å²) in [5.41, 5.74) is 3.36. The molecule has 1 aliphatic carbocycles. The molecule has 0 unspecified atom stereocenters. The number of amides is 2. The average Bonchev–Trinajstić information content (AvgIpc) is 3.49. The van der Waals surface area contributed by atoms with Gasteiger partial charge in [-0.15, -0.1) is 0 Å². The van der Waals surface area contributed by atoms with E-state index in [-0.39, 0.29) is 24.4 Å². The molecule has 6 nitrogen and oxygen atoms in total. The van der Waals surface area contributed by atoms with E-state index in [4.69, 9.17) is 0 Å². The van der Waals surface area contributed by atoms with Crippen LogP contribution in [-0.4, -0.2) is 34.3 Å². The lowest BCUT2D eigenvalue weighted by Gasteiger charge is -2.30. The Bertz CT molecular complexity index is 1060. The zero-order valence-corrected chi connectivity index (χ0v) is 17.3. The predicted molar refractivity (Wildman–Crippen MR) is 118 cm³/mol. The molecular formula is C23H22N4O2S. The number of thiophene rings is 1. The van der Waals surface area contributed by atoms with Crippen molar-refractivity contribution in [1.29, 1.82) is 0 Å². The minimum absolute atomic E-state index is 0.0308. The molecule has 0 radical (unpaired) electrons. The smallest absolute Gasteiger partial charge is 0.256 e. The van der Waals surface area contributed by atoms with Gasteiger partial charge in [0.2, 0.25) is 5.91 Å². The van der Waals surface area contributed by atoms with Gasteiger partial charge in [-0.3, -0.25) is 9.59 Å². The van der Waals surface area contributed by atoms with Gasteiger partial charge < -0.3 is 15.1 Å². The summed E-state index contributed by atoms with van der Waals surface area (Å²) in [6, 6.07) is 14.0. The summed E-state index contributed by atoms with van der Waals surface area (Å²) < 4.78 is 0. The van der Waals surface area contributed by atoms with E-state index in [1.165, 1.54) is 0 Å². The number of nitrogens with one attached hydrogen (secondary N) is 1. The number of nitrogens with zero attached hydrogens (tertiary/aromatic N) is 3. The van der Waals surface area contributed by atoms with Gasteiger partial charge in [0.1, 0.15) is 0 Å². The Kier molecular flexibility index (Phi) is 4.96. The second-order valence-corrected chi connectivity index (χ2v) is 8.49. The van der Waals surface area contributed by atoms with Gasteiger partial charge >= 0.3 is 0 Å². The topological polar surface area (TPSA) is 65.5 Å². The van der Waals surface area contributed by atoms with Gasteiger partial charge in [0, 0.05) is 18.8 Å². The molecule has 3 heterocycles. The molecule has 2 aliphatic rings. The van der Waals surface area contributed by atoms with Gasteiger partial charge in [0.25, 0.3) is 5.91 Å². The van der Waals surface area contributed by atoms with E-state index in [2.05, 4.69) is 21.7 Å². The highest BCUT2D eigenvalue weighted by Crippen LogP contribution is 2.33. The van der Waals surface area contributed by atoms with E-state index in [1.807, 2.05) is 40.6 Å². The summed E-state index contributed by atoms with van der Waals surface area (Å²) in [6.45, 7) is 1.26. The van der Waals surface area contributed by atoms with E-state index >= 15 is 0 Å². The van der Waals surface area contributed by atoms with Crippen LogP contribution >= 0.6 is 11.3 Å². The average molecular weight is 419 g/mol. The molecule has 2 aromatic heterocycles. The Labute approximate surface area is 179 Å². The summed E-state index contributed by atoms with van der Waals surface area (Å²) >= 11 is 1.64. The first-order chi connectivity index (χ1) is 14.7. The fourth-order valence-corrected chi connectivity index (χ4v) is 4.40. The van der Waals surface area contributed by atoms with Crippen molar-refractivity contribution in [3.05, 3.63) is 76.1 Å². The van der Waals surface area contributed by atoms with E-state index in [0.29, 0.717) is 30.2 Å². The zero-order chi connectivity index (χ0) is 20.5. The monoisotopic (exact) mass is 418 g/mol. The number of rotatable bonds is 6. The number of hydrogen-bond donors (Lipinski definition) is 1. The van der Waals surface area contributed by atoms with Crippen molar-refractivity contribution in [2.75, 3.05) is 16.8 Å². The van der Waals surface area contributed by atoms with Crippen molar-refractivity contribution >= 4 is 34.7 Å². The van der Waals surface area contributed by atoms with Crippen molar-refractivity contribution in [2.45, 2.75) is 32.0 Å². The van der Waals surface area contributed by atoms with Crippen LogP contribution in [0.25, 0.3) is 0 Å². The van der Waals surface area contributed by atoms with E-state index in [1.54, 1.807) is 28.5 Å². The molecule has 1 saturated carbocycles. The van der Waals surface area contributed by atoms with Gasteiger partial charge in [0.15, 0.2) is 5.82 Å². The Morgan fingerprint density at radius 1 is 1.20 bits per heavy atom. The molecule has 152 valence electrons. The van der Waals surface area contributed by atoms with Gasteiger partial charge in [-0.05, 0) is 46.9 Å². The van der Waals surface area contributed by atoms with Crippen molar-refractivity contribution in [1.82, 2.24) is 9.88 Å². The minimum atomic E-state index is -0.0323. The molecule has 0 saturated heterocycles. The van der Waals surface area contributed by atoms with Gasteiger partial charge in [-0.1, -0.05) is 30.3 Å². The van der Waals surface area contributed by atoms with Crippen LogP contribution in [-0.2, 0) is 17.9 Å². The van der Waals surface area contributed by atoms with Crippen LogP contribution in [0.1, 0.15) is 34.3 Å². The summed E-state index contributed by atoms with van der Waals surface area (Å²) in [7, 11) is 0. The molecule has 3 aromatic rings. The molecular weight excluding hydrogens is 396 g/mol. The van der Waals surface area contributed by atoms with Crippen molar-refractivity contribution in [2.24, 2.45) is 0 Å². The first kappa shape index (κ1) is 18.8. The number of carbonyl (C=O) groups excluding carboxylic acids is 2. The van der Waals surface area contributed by atoms with Crippen molar-refractivity contribution < 1.29 is 9.59 Å². The molecule has 2 amide bonds. The summed E-state index contributed by atoms with van der Waals surface area (Å²) in [6.07, 6.45) is 3.69. The third kappa shape index (κ3) is 3.80. The maximum absolute atomic E-state index is 13.4. The maximum Gasteiger partial charge on any atom is 0.256 e. The normalized spacial score (nSPS) is 15.5. The van der Waals surface area contributed by atoms with Crippen LogP contribution in [0.3, 0.4) is 0 Å². The van der Waals surface area contributed by atoms with Crippen molar-refractivity contribution in [3.8, 4) is 0 Å². The fraction of sp³-hybridized carbons (Fsp3) is 0.261. The second kappa shape index (κ2) is 7.91.